The van der Waals surface area contributed by atoms with E-state index in [0.717, 1.165) is 18.5 Å². The van der Waals surface area contributed by atoms with E-state index in [4.69, 9.17) is 0 Å². The maximum atomic E-state index is 11.6. The minimum absolute atomic E-state index is 0.109. The van der Waals surface area contributed by atoms with Crippen molar-refractivity contribution < 1.29 is 8.42 Å². The van der Waals surface area contributed by atoms with Gasteiger partial charge in [0.15, 0.2) is 0 Å². The summed E-state index contributed by atoms with van der Waals surface area (Å²) < 4.78 is 25.8. The lowest BCUT2D eigenvalue weighted by Gasteiger charge is -2.07. The first kappa shape index (κ1) is 14.1. The normalized spacial score (nSPS) is 11.6. The van der Waals surface area contributed by atoms with Gasteiger partial charge in [-0.3, -0.25) is 4.98 Å². The van der Waals surface area contributed by atoms with Crippen LogP contribution in [0.5, 0.6) is 0 Å². The zero-order valence-corrected chi connectivity index (χ0v) is 10.8. The van der Waals surface area contributed by atoms with Crippen molar-refractivity contribution in [1.82, 2.24) is 15.0 Å². The number of hydrogen-bond acceptors (Lipinski definition) is 4. The molecular formula is C11H19N3O2S. The SMILES string of the molecule is CCCNCCS(=O)(=O)NCc1ccncc1. The zero-order valence-electron chi connectivity index (χ0n) is 10.0. The van der Waals surface area contributed by atoms with Crippen molar-refractivity contribution in [3.8, 4) is 0 Å². The molecule has 1 rings (SSSR count). The lowest BCUT2D eigenvalue weighted by Crippen LogP contribution is -2.31. The first-order chi connectivity index (χ1) is 8.14. The van der Waals surface area contributed by atoms with Crippen molar-refractivity contribution in [3.05, 3.63) is 30.1 Å². The predicted molar refractivity (Wildman–Crippen MR) is 68.0 cm³/mol. The standard InChI is InChI=1S/C11H19N3O2S/c1-2-5-12-8-9-17(15,16)14-10-11-3-6-13-7-4-11/h3-4,6-7,12,14H,2,5,8-10H2,1H3. The monoisotopic (exact) mass is 257 g/mol. The molecule has 6 heteroatoms. The smallest absolute Gasteiger partial charge is 0.213 e. The van der Waals surface area contributed by atoms with Crippen LogP contribution in [0.3, 0.4) is 0 Å². The molecule has 96 valence electrons. The van der Waals surface area contributed by atoms with Crippen molar-refractivity contribution in [3.63, 3.8) is 0 Å². The molecule has 2 N–H and O–H groups in total. The molecular weight excluding hydrogens is 238 g/mol. The molecule has 1 heterocycles. The summed E-state index contributed by atoms with van der Waals surface area (Å²) in [5, 5.41) is 3.06. The number of sulfonamides is 1. The van der Waals surface area contributed by atoms with Gasteiger partial charge in [0.2, 0.25) is 10.0 Å². The Morgan fingerprint density at radius 1 is 1.24 bits per heavy atom. The second-order valence-electron chi connectivity index (χ2n) is 3.75. The van der Waals surface area contributed by atoms with Crippen LogP contribution in [0.15, 0.2) is 24.5 Å². The molecule has 0 saturated heterocycles. The molecule has 0 aliphatic heterocycles. The summed E-state index contributed by atoms with van der Waals surface area (Å²) >= 11 is 0. The van der Waals surface area contributed by atoms with Crippen LogP contribution in [0.1, 0.15) is 18.9 Å². The fraction of sp³-hybridized carbons (Fsp3) is 0.545. The molecule has 0 aliphatic rings. The van der Waals surface area contributed by atoms with E-state index >= 15 is 0 Å². The first-order valence-corrected chi connectivity index (χ1v) is 7.36. The number of nitrogens with zero attached hydrogens (tertiary/aromatic N) is 1. The van der Waals surface area contributed by atoms with E-state index in [2.05, 4.69) is 15.0 Å². The highest BCUT2D eigenvalue weighted by molar-refractivity contribution is 7.89. The molecule has 0 radical (unpaired) electrons. The van der Waals surface area contributed by atoms with Gasteiger partial charge in [-0.2, -0.15) is 0 Å². The van der Waals surface area contributed by atoms with Crippen LogP contribution in [0.2, 0.25) is 0 Å². The van der Waals surface area contributed by atoms with Gasteiger partial charge in [0.25, 0.3) is 0 Å². The first-order valence-electron chi connectivity index (χ1n) is 5.71. The largest absolute Gasteiger partial charge is 0.316 e. The minimum Gasteiger partial charge on any atom is -0.316 e. The Labute approximate surface area is 103 Å². The Kier molecular flexibility index (Phi) is 6.10. The molecule has 0 saturated carbocycles. The van der Waals surface area contributed by atoms with Crippen molar-refractivity contribution in [2.24, 2.45) is 0 Å². The Morgan fingerprint density at radius 3 is 2.59 bits per heavy atom. The summed E-state index contributed by atoms with van der Waals surface area (Å²) in [5.74, 6) is 0.109. The molecule has 0 atom stereocenters. The molecule has 1 aromatic heterocycles. The Bertz CT molecular complexity index is 406. The maximum absolute atomic E-state index is 11.6. The predicted octanol–water partition coefficient (Wildman–Crippen LogP) is 0.501. The van der Waals surface area contributed by atoms with Crippen LogP contribution in [-0.2, 0) is 16.6 Å². The summed E-state index contributed by atoms with van der Waals surface area (Å²) in [7, 11) is -3.19. The van der Waals surface area contributed by atoms with Crippen LogP contribution >= 0.6 is 0 Å². The van der Waals surface area contributed by atoms with Gasteiger partial charge in [-0.1, -0.05) is 6.92 Å². The van der Waals surface area contributed by atoms with E-state index in [1.807, 2.05) is 6.92 Å². The average Bonchev–Trinajstić information content (AvgIpc) is 2.34. The van der Waals surface area contributed by atoms with E-state index in [-0.39, 0.29) is 5.75 Å². The number of hydrogen-bond donors (Lipinski definition) is 2. The molecule has 0 aliphatic carbocycles. The van der Waals surface area contributed by atoms with E-state index < -0.39 is 10.0 Å². The third-order valence-corrected chi connectivity index (χ3v) is 3.55. The van der Waals surface area contributed by atoms with E-state index in [1.54, 1.807) is 24.5 Å². The highest BCUT2D eigenvalue weighted by atomic mass is 32.2. The topological polar surface area (TPSA) is 71.1 Å². The summed E-state index contributed by atoms with van der Waals surface area (Å²) in [6.07, 6.45) is 4.30. The number of pyridine rings is 1. The zero-order chi connectivity index (χ0) is 12.6. The highest BCUT2D eigenvalue weighted by Crippen LogP contribution is 1.96. The van der Waals surface area contributed by atoms with Gasteiger partial charge in [0.05, 0.1) is 5.75 Å². The van der Waals surface area contributed by atoms with Gasteiger partial charge in [-0.25, -0.2) is 13.1 Å². The minimum atomic E-state index is -3.19. The molecule has 1 aromatic rings. The number of aromatic nitrogens is 1. The molecule has 5 nitrogen and oxygen atoms in total. The molecule has 0 spiro atoms. The molecule has 0 bridgehead atoms. The third kappa shape index (κ3) is 6.35. The third-order valence-electron chi connectivity index (χ3n) is 2.22. The van der Waals surface area contributed by atoms with E-state index in [1.165, 1.54) is 0 Å². The van der Waals surface area contributed by atoms with Gasteiger partial charge in [-0.15, -0.1) is 0 Å². The molecule has 0 amide bonds. The molecule has 0 aromatic carbocycles. The molecule has 17 heavy (non-hydrogen) atoms. The summed E-state index contributed by atoms with van der Waals surface area (Å²) in [4.78, 5) is 3.87. The summed E-state index contributed by atoms with van der Waals surface area (Å²) in [5.41, 5.74) is 0.907. The van der Waals surface area contributed by atoms with Crippen molar-refractivity contribution >= 4 is 10.0 Å². The number of rotatable bonds is 8. The van der Waals surface area contributed by atoms with Crippen LogP contribution in [-0.4, -0.2) is 32.2 Å². The van der Waals surface area contributed by atoms with Crippen molar-refractivity contribution in [1.29, 1.82) is 0 Å². The van der Waals surface area contributed by atoms with Gasteiger partial charge >= 0.3 is 0 Å². The second kappa shape index (κ2) is 7.37. The summed E-state index contributed by atoms with van der Waals surface area (Å²) in [6, 6.07) is 3.58. The van der Waals surface area contributed by atoms with Gasteiger partial charge in [0.1, 0.15) is 0 Å². The quantitative estimate of drug-likeness (QED) is 0.665. The molecule has 0 fully saturated rings. The maximum Gasteiger partial charge on any atom is 0.213 e. The van der Waals surface area contributed by atoms with E-state index in [0.29, 0.717) is 13.1 Å². The average molecular weight is 257 g/mol. The van der Waals surface area contributed by atoms with Gasteiger partial charge in [-0.05, 0) is 30.7 Å². The van der Waals surface area contributed by atoms with Crippen LogP contribution in [0.25, 0.3) is 0 Å². The van der Waals surface area contributed by atoms with Gasteiger partial charge < -0.3 is 5.32 Å². The van der Waals surface area contributed by atoms with Gasteiger partial charge in [0, 0.05) is 25.5 Å². The van der Waals surface area contributed by atoms with Crippen LogP contribution in [0, 0.1) is 0 Å². The van der Waals surface area contributed by atoms with Crippen molar-refractivity contribution in [2.75, 3.05) is 18.8 Å². The lowest BCUT2D eigenvalue weighted by molar-refractivity contribution is 0.576. The highest BCUT2D eigenvalue weighted by Gasteiger charge is 2.08. The van der Waals surface area contributed by atoms with Crippen LogP contribution < -0.4 is 10.0 Å². The fourth-order valence-corrected chi connectivity index (χ4v) is 2.22. The van der Waals surface area contributed by atoms with Crippen LogP contribution in [0.4, 0.5) is 0 Å². The Hall–Kier alpha value is -0.980. The fourth-order valence-electron chi connectivity index (χ4n) is 1.27. The second-order valence-corrected chi connectivity index (χ2v) is 5.67. The van der Waals surface area contributed by atoms with E-state index in [9.17, 15) is 8.42 Å². The summed E-state index contributed by atoms with van der Waals surface area (Å²) in [6.45, 7) is 3.70. The number of nitrogens with one attached hydrogen (secondary N) is 2. The Morgan fingerprint density at radius 2 is 1.94 bits per heavy atom. The lowest BCUT2D eigenvalue weighted by atomic mass is 10.3. The molecule has 0 unspecified atom stereocenters. The van der Waals surface area contributed by atoms with Crippen molar-refractivity contribution in [2.45, 2.75) is 19.9 Å². The Balaban J connectivity index is 2.30.